The number of benzene rings is 1. The number of imidazole rings is 1. The summed E-state index contributed by atoms with van der Waals surface area (Å²) in [6, 6.07) is 11.7. The van der Waals surface area contributed by atoms with Gasteiger partial charge in [-0.25, -0.2) is 9.13 Å². The van der Waals surface area contributed by atoms with Gasteiger partial charge in [-0.2, -0.15) is 0 Å². The molecule has 1 amide bonds. The van der Waals surface area contributed by atoms with E-state index in [-0.39, 0.29) is 18.3 Å². The third-order valence-corrected chi connectivity index (χ3v) is 5.99. The summed E-state index contributed by atoms with van der Waals surface area (Å²) in [5.41, 5.74) is 2.71. The molecule has 2 heterocycles. The van der Waals surface area contributed by atoms with Crippen LogP contribution >= 0.6 is 0 Å². The Morgan fingerprint density at radius 2 is 1.68 bits per heavy atom. The Labute approximate surface area is 210 Å². The Balaban J connectivity index is 0.00000408. The molecule has 3 aromatic rings. The highest BCUT2D eigenvalue weighted by Gasteiger charge is 2.16. The van der Waals surface area contributed by atoms with Gasteiger partial charge in [0, 0.05) is 12.4 Å². The van der Waals surface area contributed by atoms with Crippen LogP contribution in [0.15, 0.2) is 55.1 Å². The first-order chi connectivity index (χ1) is 16.3. The molecule has 7 heteroatoms. The number of hydrogen-bond donors (Lipinski definition) is 1. The summed E-state index contributed by atoms with van der Waals surface area (Å²) in [6.45, 7) is 3.95. The van der Waals surface area contributed by atoms with Gasteiger partial charge in [0.25, 0.3) is 5.91 Å². The number of amides is 1. The molecule has 1 N–H and O–H groups in total. The van der Waals surface area contributed by atoms with Crippen LogP contribution in [0, 0.1) is 0 Å². The van der Waals surface area contributed by atoms with Crippen molar-refractivity contribution in [3.8, 4) is 0 Å². The summed E-state index contributed by atoms with van der Waals surface area (Å²) in [4.78, 5) is 16.4. The largest absolute Gasteiger partial charge is 1.00 e. The summed E-state index contributed by atoms with van der Waals surface area (Å²) in [6.07, 6.45) is 18.5. The topological polar surface area (TPSA) is 60.0 Å². The lowest BCUT2D eigenvalue weighted by atomic mass is 10.1. The Kier molecular flexibility index (Phi) is 13.3. The molecule has 0 spiro atoms. The second-order valence-corrected chi connectivity index (χ2v) is 8.67. The lowest BCUT2D eigenvalue weighted by Crippen LogP contribution is -3.00. The molecule has 0 radical (unpaired) electrons. The minimum Gasteiger partial charge on any atom is -1.00 e. The first-order valence-electron chi connectivity index (χ1n) is 12.5. The van der Waals surface area contributed by atoms with Crippen molar-refractivity contribution < 1.29 is 26.5 Å². The van der Waals surface area contributed by atoms with Crippen LogP contribution in [0.5, 0.6) is 0 Å². The van der Waals surface area contributed by atoms with Crippen LogP contribution in [-0.4, -0.2) is 22.1 Å². The number of nitrogens with zero attached hydrogens (tertiary/aromatic N) is 3. The van der Waals surface area contributed by atoms with Crippen LogP contribution in [-0.2, 0) is 18.1 Å². The minimum atomic E-state index is -0.135. The molecule has 3 rings (SSSR count). The SMILES string of the molecule is CCCCCCCCCCCCOCn1c[n+](CNC(=O)c2cccnc2)c2ccccc21.[Cl-]. The van der Waals surface area contributed by atoms with E-state index in [0.29, 0.717) is 19.0 Å². The maximum absolute atomic E-state index is 12.4. The molecule has 0 unspecified atom stereocenters. The molecule has 0 aliphatic heterocycles. The van der Waals surface area contributed by atoms with E-state index in [2.05, 4.69) is 33.9 Å². The summed E-state index contributed by atoms with van der Waals surface area (Å²) in [5, 5.41) is 2.97. The number of aromatic nitrogens is 3. The number of carbonyl (C=O) groups excluding carboxylic acids is 1. The number of hydrogen-bond acceptors (Lipinski definition) is 3. The normalized spacial score (nSPS) is 10.9. The molecule has 0 aliphatic carbocycles. The number of carbonyl (C=O) groups is 1. The first kappa shape index (κ1) is 27.8. The number of halogens is 1. The molecule has 0 saturated heterocycles. The molecule has 0 fully saturated rings. The third kappa shape index (κ3) is 9.07. The van der Waals surface area contributed by atoms with E-state index >= 15 is 0 Å². The first-order valence-corrected chi connectivity index (χ1v) is 12.5. The average molecular weight is 487 g/mol. The molecule has 0 aliphatic rings. The maximum atomic E-state index is 12.4. The van der Waals surface area contributed by atoms with Gasteiger partial charge in [0.2, 0.25) is 6.33 Å². The third-order valence-electron chi connectivity index (χ3n) is 5.99. The highest BCUT2D eigenvalue weighted by Crippen LogP contribution is 2.12. The van der Waals surface area contributed by atoms with Gasteiger partial charge in [0.15, 0.2) is 24.4 Å². The zero-order valence-corrected chi connectivity index (χ0v) is 21.2. The van der Waals surface area contributed by atoms with E-state index in [1.807, 2.05) is 23.0 Å². The maximum Gasteiger partial charge on any atom is 0.255 e. The predicted octanol–water partition coefficient (Wildman–Crippen LogP) is 2.61. The molecular formula is C27H39ClN4O2. The van der Waals surface area contributed by atoms with E-state index in [1.165, 1.54) is 57.8 Å². The Morgan fingerprint density at radius 1 is 0.971 bits per heavy atom. The standard InChI is InChI=1S/C27H38N4O2.ClH/c1-2-3-4-5-6-7-8-9-10-13-19-33-23-31-22-30(25-16-11-12-17-26(25)31)21-29-27(32)24-15-14-18-28-20-24;/h11-12,14-18,20,22H,2-10,13,19,21,23H2,1H3;1H. The van der Waals surface area contributed by atoms with Crippen molar-refractivity contribution in [1.29, 1.82) is 0 Å². The van der Waals surface area contributed by atoms with Crippen LogP contribution in [0.2, 0.25) is 0 Å². The zero-order chi connectivity index (χ0) is 23.1. The molecular weight excluding hydrogens is 448 g/mol. The fourth-order valence-electron chi connectivity index (χ4n) is 4.08. The van der Waals surface area contributed by atoms with E-state index in [4.69, 9.17) is 4.74 Å². The Bertz CT molecular complexity index is 962. The van der Waals surface area contributed by atoms with Crippen LogP contribution in [0.1, 0.15) is 81.5 Å². The quantitative estimate of drug-likeness (QED) is 0.250. The summed E-state index contributed by atoms with van der Waals surface area (Å²) in [5.74, 6) is -0.135. The van der Waals surface area contributed by atoms with E-state index < -0.39 is 0 Å². The van der Waals surface area contributed by atoms with Crippen LogP contribution < -0.4 is 22.3 Å². The minimum absolute atomic E-state index is 0. The van der Waals surface area contributed by atoms with E-state index in [1.54, 1.807) is 24.5 Å². The number of nitrogens with one attached hydrogen (secondary N) is 1. The number of fused-ring (bicyclic) bond motifs is 1. The number of ether oxygens (including phenoxy) is 1. The molecule has 0 saturated carbocycles. The molecule has 1 aromatic carbocycles. The van der Waals surface area contributed by atoms with Crippen molar-refractivity contribution in [2.24, 2.45) is 0 Å². The highest BCUT2D eigenvalue weighted by molar-refractivity contribution is 5.93. The number of unbranched alkanes of at least 4 members (excludes halogenated alkanes) is 9. The monoisotopic (exact) mass is 486 g/mol. The van der Waals surface area contributed by atoms with Crippen molar-refractivity contribution in [3.63, 3.8) is 0 Å². The van der Waals surface area contributed by atoms with Gasteiger partial charge in [-0.15, -0.1) is 0 Å². The summed E-state index contributed by atoms with van der Waals surface area (Å²) >= 11 is 0. The zero-order valence-electron chi connectivity index (χ0n) is 20.4. The van der Waals surface area contributed by atoms with Gasteiger partial charge >= 0.3 is 0 Å². The second kappa shape index (κ2) is 16.2. The summed E-state index contributed by atoms with van der Waals surface area (Å²) < 4.78 is 10.1. The lowest BCUT2D eigenvalue weighted by molar-refractivity contribution is -0.675. The van der Waals surface area contributed by atoms with Gasteiger partial charge in [0.05, 0.1) is 12.2 Å². The average Bonchev–Trinajstić information content (AvgIpc) is 3.21. The van der Waals surface area contributed by atoms with Crippen molar-refractivity contribution >= 4 is 16.9 Å². The molecule has 2 aromatic heterocycles. The number of para-hydroxylation sites is 2. The molecule has 6 nitrogen and oxygen atoms in total. The van der Waals surface area contributed by atoms with Crippen LogP contribution in [0.4, 0.5) is 0 Å². The van der Waals surface area contributed by atoms with Gasteiger partial charge in [-0.1, -0.05) is 76.8 Å². The Morgan fingerprint density at radius 3 is 2.38 bits per heavy atom. The fourth-order valence-corrected chi connectivity index (χ4v) is 4.08. The molecule has 34 heavy (non-hydrogen) atoms. The van der Waals surface area contributed by atoms with Crippen molar-refractivity contribution in [3.05, 3.63) is 60.7 Å². The second-order valence-electron chi connectivity index (χ2n) is 8.67. The van der Waals surface area contributed by atoms with Gasteiger partial charge < -0.3 is 22.5 Å². The van der Waals surface area contributed by atoms with Crippen LogP contribution in [0.3, 0.4) is 0 Å². The van der Waals surface area contributed by atoms with Crippen molar-refractivity contribution in [2.75, 3.05) is 6.61 Å². The highest BCUT2D eigenvalue weighted by atomic mass is 35.5. The van der Waals surface area contributed by atoms with Crippen molar-refractivity contribution in [1.82, 2.24) is 14.9 Å². The molecule has 0 bridgehead atoms. The van der Waals surface area contributed by atoms with Crippen LogP contribution in [0.25, 0.3) is 11.0 Å². The lowest BCUT2D eigenvalue weighted by Gasteiger charge is -2.04. The van der Waals surface area contributed by atoms with Crippen molar-refractivity contribution in [2.45, 2.75) is 84.5 Å². The van der Waals surface area contributed by atoms with Gasteiger partial charge in [-0.05, 0) is 30.7 Å². The Hall–Kier alpha value is -2.44. The predicted molar refractivity (Wildman–Crippen MR) is 132 cm³/mol. The van der Waals surface area contributed by atoms with E-state index in [9.17, 15) is 4.79 Å². The summed E-state index contributed by atoms with van der Waals surface area (Å²) in [7, 11) is 0. The number of rotatable bonds is 16. The smallest absolute Gasteiger partial charge is 0.255 e. The van der Waals surface area contributed by atoms with Gasteiger partial charge in [0.1, 0.15) is 0 Å². The fraction of sp³-hybridized carbons (Fsp3) is 0.519. The van der Waals surface area contributed by atoms with Gasteiger partial charge in [-0.3, -0.25) is 9.78 Å². The molecule has 0 atom stereocenters. The van der Waals surface area contributed by atoms with E-state index in [0.717, 1.165) is 24.1 Å². The molecule has 186 valence electrons. The number of pyridine rings is 1.